The van der Waals surface area contributed by atoms with E-state index in [4.69, 9.17) is 42.6 Å². The van der Waals surface area contributed by atoms with Crippen molar-refractivity contribution >= 4 is 35.5 Å². The highest BCUT2D eigenvalue weighted by molar-refractivity contribution is 7.99. The van der Waals surface area contributed by atoms with Gasteiger partial charge >= 0.3 is 18.0 Å². The minimum absolute atomic E-state index is 0.191. The first-order valence-electron chi connectivity index (χ1n) is 20.8. The van der Waals surface area contributed by atoms with Gasteiger partial charge in [-0.3, -0.25) is 15.1 Å². The molecule has 4 rings (SSSR count). The molecule has 0 bridgehead atoms. The summed E-state index contributed by atoms with van der Waals surface area (Å²) in [6.45, 7) is 13.3. The van der Waals surface area contributed by atoms with E-state index in [1.165, 1.54) is 14.2 Å². The predicted octanol–water partition coefficient (Wildman–Crippen LogP) is 4.98. The molecule has 62 heavy (non-hydrogen) atoms. The first-order chi connectivity index (χ1) is 30.0. The first-order valence-corrected chi connectivity index (χ1v) is 21.9. The van der Waals surface area contributed by atoms with Crippen LogP contribution in [-0.2, 0) is 51.0 Å². The molecule has 0 radical (unpaired) electrons. The van der Waals surface area contributed by atoms with Crippen molar-refractivity contribution in [1.29, 1.82) is 0 Å². The van der Waals surface area contributed by atoms with Crippen LogP contribution >= 0.6 is 11.8 Å². The number of rotatable bonds is 16. The van der Waals surface area contributed by atoms with Crippen molar-refractivity contribution in [3.05, 3.63) is 83.4 Å². The van der Waals surface area contributed by atoms with Crippen molar-refractivity contribution in [2.75, 3.05) is 123 Å². The number of carbonyl (C=O) groups is 3. The van der Waals surface area contributed by atoms with Crippen LogP contribution in [0.15, 0.2) is 60.7 Å². The highest BCUT2D eigenvalue weighted by Crippen LogP contribution is 2.17. The van der Waals surface area contributed by atoms with Crippen molar-refractivity contribution < 1.29 is 57.0 Å². The lowest BCUT2D eigenvalue weighted by Gasteiger charge is -2.25. The number of hydrogen-bond donors (Lipinski definition) is 1. The Hall–Kier alpha value is -4.40. The van der Waals surface area contributed by atoms with Gasteiger partial charge in [-0.15, -0.1) is 0 Å². The monoisotopic (exact) mass is 885 g/mol. The highest BCUT2D eigenvalue weighted by Gasteiger charge is 2.18. The molecule has 0 spiro atoms. The van der Waals surface area contributed by atoms with Crippen LogP contribution in [0.2, 0.25) is 0 Å². The van der Waals surface area contributed by atoms with Gasteiger partial charge in [0.2, 0.25) is 0 Å². The van der Waals surface area contributed by atoms with E-state index in [0.717, 1.165) is 17.1 Å². The third kappa shape index (κ3) is 20.6. The molecule has 3 aromatic rings. The van der Waals surface area contributed by atoms with Gasteiger partial charge in [-0.2, -0.15) is 11.8 Å². The summed E-state index contributed by atoms with van der Waals surface area (Å²) in [7, 11) is 2.68. The van der Waals surface area contributed by atoms with E-state index >= 15 is 0 Å². The maximum Gasteiger partial charge on any atom is 0.412 e. The zero-order valence-corrected chi connectivity index (χ0v) is 37.5. The van der Waals surface area contributed by atoms with E-state index in [0.29, 0.717) is 123 Å². The SMILES string of the molecule is COC(=O)c1cccc(CN2CCOCCOCCN(Cc3cccc(C(=O)OC)n3)CCO[C@H](CSCCOCCOc3ccc(NC(=O)OC(C)(C)C)cc3)COCC2)n1. The van der Waals surface area contributed by atoms with Gasteiger partial charge in [0.25, 0.3) is 0 Å². The summed E-state index contributed by atoms with van der Waals surface area (Å²) in [5.74, 6) is 1.14. The molecule has 1 saturated heterocycles. The molecule has 17 nitrogen and oxygen atoms in total. The molecule has 1 N–H and O–H groups in total. The van der Waals surface area contributed by atoms with Crippen LogP contribution in [0.4, 0.5) is 10.5 Å². The molecule has 0 saturated carbocycles. The van der Waals surface area contributed by atoms with Crippen LogP contribution in [0.5, 0.6) is 5.75 Å². The number of esters is 2. The van der Waals surface area contributed by atoms with E-state index in [9.17, 15) is 14.4 Å². The van der Waals surface area contributed by atoms with Gasteiger partial charge in [-0.1, -0.05) is 12.1 Å². The van der Waals surface area contributed by atoms with Crippen molar-refractivity contribution in [3.63, 3.8) is 0 Å². The van der Waals surface area contributed by atoms with Gasteiger partial charge in [0.15, 0.2) is 0 Å². The largest absolute Gasteiger partial charge is 0.491 e. The Bertz CT molecular complexity index is 1770. The Balaban J connectivity index is 1.28. The Morgan fingerprint density at radius 2 is 1.29 bits per heavy atom. The smallest absolute Gasteiger partial charge is 0.412 e. The van der Waals surface area contributed by atoms with Crippen LogP contribution in [-0.4, -0.2) is 167 Å². The van der Waals surface area contributed by atoms with Gasteiger partial charge in [-0.25, -0.2) is 24.4 Å². The summed E-state index contributed by atoms with van der Waals surface area (Å²) in [6.07, 6.45) is -0.705. The van der Waals surface area contributed by atoms with E-state index in [2.05, 4.69) is 25.1 Å². The number of nitrogens with one attached hydrogen (secondary N) is 1. The summed E-state index contributed by atoms with van der Waals surface area (Å²) in [4.78, 5) is 49.6. The second-order valence-corrected chi connectivity index (χ2v) is 16.2. The molecule has 1 atom stereocenters. The lowest BCUT2D eigenvalue weighted by molar-refractivity contribution is -0.0238. The fourth-order valence-corrected chi connectivity index (χ4v) is 6.75. The standard InChI is InChI=1S/C44H63N5O12S/c1-44(2,3)61-43(52)47-34-12-14-37(15-13-34)60-27-26-57-28-29-62-33-38-32-58-22-18-48(30-35-8-6-10-39(45-35)41(50)53-4)16-20-55-24-25-56-21-17-49(19-23-59-38)31-36-9-7-11-40(46-36)42(51)54-5/h6-15,38H,16-33H2,1-5H3,(H,47,52)/t38-/m0/s1. The van der Waals surface area contributed by atoms with Crippen LogP contribution in [0.3, 0.4) is 0 Å². The molecular weight excluding hydrogens is 823 g/mol. The molecule has 2 aromatic heterocycles. The van der Waals surface area contributed by atoms with E-state index in [1.807, 2.05) is 32.9 Å². The number of methoxy groups -OCH3 is 2. The molecule has 0 aliphatic carbocycles. The maximum absolute atomic E-state index is 12.1. The predicted molar refractivity (Wildman–Crippen MR) is 234 cm³/mol. The average molecular weight is 886 g/mol. The van der Waals surface area contributed by atoms with Gasteiger partial charge in [0.1, 0.15) is 29.3 Å². The second kappa shape index (κ2) is 28.3. The second-order valence-electron chi connectivity index (χ2n) is 15.0. The van der Waals surface area contributed by atoms with Gasteiger partial charge in [0, 0.05) is 56.5 Å². The summed E-state index contributed by atoms with van der Waals surface area (Å²) in [5, 5.41) is 2.71. The number of pyridine rings is 2. The summed E-state index contributed by atoms with van der Waals surface area (Å²) in [5.41, 5.74) is 2.03. The minimum atomic E-state index is -0.579. The van der Waals surface area contributed by atoms with E-state index < -0.39 is 23.6 Å². The number of carbonyl (C=O) groups excluding carboxylic acids is 3. The number of ether oxygens (including phenoxy) is 9. The molecule has 1 aliphatic heterocycles. The Morgan fingerprint density at radius 1 is 0.726 bits per heavy atom. The number of hydrogen-bond acceptors (Lipinski definition) is 17. The van der Waals surface area contributed by atoms with Crippen LogP contribution < -0.4 is 10.1 Å². The van der Waals surface area contributed by atoms with Gasteiger partial charge < -0.3 is 42.6 Å². The molecule has 1 fully saturated rings. The van der Waals surface area contributed by atoms with Crippen LogP contribution in [0.25, 0.3) is 0 Å². The zero-order chi connectivity index (χ0) is 44.4. The number of amides is 1. The number of nitrogens with zero attached hydrogens (tertiary/aromatic N) is 4. The molecule has 0 unspecified atom stereocenters. The molecular formula is C44H63N5O12S. The van der Waals surface area contributed by atoms with Crippen molar-refractivity contribution in [1.82, 2.24) is 19.8 Å². The molecule has 1 aliphatic rings. The third-order valence-corrected chi connectivity index (χ3v) is 10.0. The highest BCUT2D eigenvalue weighted by atomic mass is 32.2. The maximum atomic E-state index is 12.1. The Morgan fingerprint density at radius 3 is 1.85 bits per heavy atom. The summed E-state index contributed by atoms with van der Waals surface area (Å²) in [6, 6.07) is 17.7. The topological polar surface area (TPSA) is 179 Å². The number of benzene rings is 1. The number of thioether (sulfide) groups is 1. The summed E-state index contributed by atoms with van der Waals surface area (Å²) >= 11 is 1.72. The first kappa shape index (κ1) is 50.2. The third-order valence-electron chi connectivity index (χ3n) is 8.94. The quantitative estimate of drug-likeness (QED) is 0.116. The zero-order valence-electron chi connectivity index (χ0n) is 36.7. The van der Waals surface area contributed by atoms with E-state index in [-0.39, 0.29) is 17.5 Å². The van der Waals surface area contributed by atoms with E-state index in [1.54, 1.807) is 60.3 Å². The van der Waals surface area contributed by atoms with Crippen molar-refractivity contribution in [2.24, 2.45) is 0 Å². The fourth-order valence-electron chi connectivity index (χ4n) is 5.89. The molecule has 1 aromatic carbocycles. The van der Waals surface area contributed by atoms with Gasteiger partial charge in [-0.05, 0) is 69.3 Å². The number of aromatic nitrogens is 2. The van der Waals surface area contributed by atoms with Crippen LogP contribution in [0, 0.1) is 0 Å². The molecule has 342 valence electrons. The van der Waals surface area contributed by atoms with Crippen molar-refractivity contribution in [3.8, 4) is 5.75 Å². The average Bonchev–Trinajstić information content (AvgIpc) is 3.25. The van der Waals surface area contributed by atoms with Crippen molar-refractivity contribution in [2.45, 2.75) is 45.6 Å². The van der Waals surface area contributed by atoms with Crippen LogP contribution in [0.1, 0.15) is 53.1 Å². The normalized spacial score (nSPS) is 17.0. The Labute approximate surface area is 369 Å². The summed E-state index contributed by atoms with van der Waals surface area (Å²) < 4.78 is 51.2. The lowest BCUT2D eigenvalue weighted by Crippen LogP contribution is -2.35. The lowest BCUT2D eigenvalue weighted by atomic mass is 10.2. The minimum Gasteiger partial charge on any atom is -0.491 e. The fraction of sp³-hybridized carbons (Fsp3) is 0.568. The Kier molecular flexibility index (Phi) is 23.0. The molecule has 1 amide bonds. The number of anilines is 1. The van der Waals surface area contributed by atoms with Gasteiger partial charge in [0.05, 0.1) is 91.2 Å². The molecule has 3 heterocycles. The molecule has 18 heteroatoms.